The van der Waals surface area contributed by atoms with Crippen LogP contribution in [0.4, 0.5) is 0 Å². The summed E-state index contributed by atoms with van der Waals surface area (Å²) in [5, 5.41) is 9.98. The van der Waals surface area contributed by atoms with Crippen molar-refractivity contribution < 1.29 is 9.90 Å². The lowest BCUT2D eigenvalue weighted by Crippen LogP contribution is -2.23. The van der Waals surface area contributed by atoms with Crippen molar-refractivity contribution in [1.29, 1.82) is 0 Å². The number of aliphatic carboxylic acids is 1. The van der Waals surface area contributed by atoms with Crippen LogP contribution < -0.4 is 0 Å². The number of rotatable bonds is 6. The monoisotopic (exact) mass is 308 g/mol. The fourth-order valence-electron chi connectivity index (χ4n) is 1.61. The Morgan fingerprint density at radius 2 is 1.75 bits per heavy atom. The molecule has 0 saturated carbocycles. The molecular formula is C16H28O2Si2. The predicted molar refractivity (Wildman–Crippen MR) is 92.2 cm³/mol. The van der Waals surface area contributed by atoms with E-state index in [1.165, 1.54) is 5.20 Å². The Morgan fingerprint density at radius 1 is 1.15 bits per heavy atom. The van der Waals surface area contributed by atoms with Crippen molar-refractivity contribution in [2.75, 3.05) is 0 Å². The van der Waals surface area contributed by atoms with Crippen molar-refractivity contribution in [3.05, 3.63) is 17.0 Å². The molecule has 20 heavy (non-hydrogen) atoms. The van der Waals surface area contributed by atoms with Gasteiger partial charge in [-0.25, -0.2) is 0 Å². The summed E-state index contributed by atoms with van der Waals surface area (Å²) < 4.78 is 0. The third kappa shape index (κ3) is 10.9. The molecule has 0 radical (unpaired) electrons. The second kappa shape index (κ2) is 8.31. The van der Waals surface area contributed by atoms with E-state index >= 15 is 0 Å². The van der Waals surface area contributed by atoms with Crippen molar-refractivity contribution in [2.45, 2.75) is 65.0 Å². The Balaban J connectivity index is 4.58. The fourth-order valence-corrected chi connectivity index (χ4v) is 3.72. The molecule has 0 aliphatic carbocycles. The molecule has 4 heteroatoms. The zero-order valence-electron chi connectivity index (χ0n) is 13.8. The summed E-state index contributed by atoms with van der Waals surface area (Å²) in [5.74, 6) is 2.49. The van der Waals surface area contributed by atoms with Gasteiger partial charge in [0.1, 0.15) is 8.07 Å². The molecular weight excluding hydrogens is 280 g/mol. The Labute approximate surface area is 126 Å². The summed E-state index contributed by atoms with van der Waals surface area (Å²) >= 11 is 0. The number of carboxylic acids is 1. The zero-order valence-corrected chi connectivity index (χ0v) is 15.8. The van der Waals surface area contributed by atoms with E-state index in [9.17, 15) is 4.79 Å². The second-order valence-corrected chi connectivity index (χ2v) is 16.9. The van der Waals surface area contributed by atoms with Gasteiger partial charge in [-0.15, -0.1) is 17.2 Å². The predicted octanol–water partition coefficient (Wildman–Crippen LogP) is 4.47. The molecule has 0 unspecified atom stereocenters. The minimum Gasteiger partial charge on any atom is -0.481 e. The van der Waals surface area contributed by atoms with E-state index in [1.807, 2.05) is 0 Å². The maximum absolute atomic E-state index is 10.5. The summed E-state index contributed by atoms with van der Waals surface area (Å²) in [6, 6.07) is 0. The van der Waals surface area contributed by atoms with Crippen LogP contribution in [0.1, 0.15) is 25.7 Å². The van der Waals surface area contributed by atoms with Crippen LogP contribution >= 0.6 is 0 Å². The molecule has 0 spiro atoms. The van der Waals surface area contributed by atoms with Crippen molar-refractivity contribution in [1.82, 2.24) is 0 Å². The highest BCUT2D eigenvalue weighted by molar-refractivity contribution is 6.84. The first-order valence-electron chi connectivity index (χ1n) is 7.19. The number of carboxylic acid groups (broad SMARTS) is 1. The van der Waals surface area contributed by atoms with Gasteiger partial charge in [0.25, 0.3) is 0 Å². The van der Waals surface area contributed by atoms with Crippen LogP contribution in [-0.2, 0) is 4.79 Å². The van der Waals surface area contributed by atoms with Gasteiger partial charge in [0.05, 0.1) is 14.5 Å². The molecule has 0 amide bonds. The summed E-state index contributed by atoms with van der Waals surface area (Å²) in [7, 11) is -2.66. The average Bonchev–Trinajstić information content (AvgIpc) is 2.22. The Morgan fingerprint density at radius 3 is 2.20 bits per heavy atom. The summed E-state index contributed by atoms with van der Waals surface area (Å²) in [4.78, 5) is 10.5. The molecule has 0 rings (SSSR count). The van der Waals surface area contributed by atoms with E-state index in [0.717, 1.165) is 19.3 Å². The van der Waals surface area contributed by atoms with Gasteiger partial charge in [0, 0.05) is 6.42 Å². The van der Waals surface area contributed by atoms with E-state index in [4.69, 9.17) is 5.11 Å². The van der Waals surface area contributed by atoms with Gasteiger partial charge in [-0.05, 0) is 24.1 Å². The highest BCUT2D eigenvalue weighted by Crippen LogP contribution is 2.19. The van der Waals surface area contributed by atoms with E-state index in [1.54, 1.807) is 6.08 Å². The molecule has 0 aliphatic rings. The van der Waals surface area contributed by atoms with Crippen LogP contribution in [0.25, 0.3) is 0 Å². The van der Waals surface area contributed by atoms with Crippen LogP contribution in [0.5, 0.6) is 0 Å². The van der Waals surface area contributed by atoms with Crippen molar-refractivity contribution in [2.24, 2.45) is 0 Å². The number of hydrogen-bond acceptors (Lipinski definition) is 1. The van der Waals surface area contributed by atoms with E-state index < -0.39 is 22.1 Å². The minimum absolute atomic E-state index is 0.0589. The Kier molecular flexibility index (Phi) is 7.89. The van der Waals surface area contributed by atoms with Gasteiger partial charge < -0.3 is 5.11 Å². The van der Waals surface area contributed by atoms with Gasteiger partial charge in [-0.2, -0.15) is 0 Å². The molecule has 0 heterocycles. The van der Waals surface area contributed by atoms with Crippen molar-refractivity contribution >= 4 is 22.1 Å². The normalized spacial score (nSPS) is 11.1. The van der Waals surface area contributed by atoms with Crippen molar-refractivity contribution in [3.63, 3.8) is 0 Å². The summed E-state index contributed by atoms with van der Waals surface area (Å²) in [6.45, 7) is 13.6. The lowest BCUT2D eigenvalue weighted by atomic mass is 10.2. The number of carbonyl (C=O) groups is 1. The largest absolute Gasteiger partial charge is 0.481 e. The van der Waals surface area contributed by atoms with Gasteiger partial charge in [0.2, 0.25) is 0 Å². The second-order valence-electron chi connectivity index (χ2n) is 7.08. The van der Waals surface area contributed by atoms with Crippen LogP contribution in [-0.4, -0.2) is 27.2 Å². The minimum atomic E-state index is -1.41. The fraction of sp³-hybridized carbons (Fsp3) is 0.625. The standard InChI is InChI=1S/C16H28O2Si2/c1-19(2,3)14-9-7-8-11-15(20(4,5)6)12-10-13-16(17)18/h10H,7-8,11,13H2,1-6H3,(H,17,18). The molecule has 2 nitrogen and oxygen atoms in total. The van der Waals surface area contributed by atoms with Crippen LogP contribution in [0.15, 0.2) is 17.0 Å². The quantitative estimate of drug-likeness (QED) is 0.340. The van der Waals surface area contributed by atoms with Gasteiger partial charge >= 0.3 is 5.97 Å². The van der Waals surface area contributed by atoms with Crippen molar-refractivity contribution in [3.8, 4) is 11.5 Å². The van der Waals surface area contributed by atoms with Crippen LogP contribution in [0.2, 0.25) is 39.3 Å². The third-order valence-electron chi connectivity index (χ3n) is 2.65. The molecule has 0 fully saturated rings. The highest BCUT2D eigenvalue weighted by Gasteiger charge is 2.18. The van der Waals surface area contributed by atoms with E-state index in [-0.39, 0.29) is 6.42 Å². The lowest BCUT2D eigenvalue weighted by molar-refractivity contribution is -0.135. The van der Waals surface area contributed by atoms with E-state index in [0.29, 0.717) is 0 Å². The van der Waals surface area contributed by atoms with Gasteiger partial charge in [-0.1, -0.05) is 39.3 Å². The van der Waals surface area contributed by atoms with Crippen LogP contribution in [0, 0.1) is 11.5 Å². The first kappa shape index (κ1) is 19.0. The Bertz CT molecular complexity index is 448. The molecule has 0 aromatic carbocycles. The molecule has 0 aliphatic heterocycles. The maximum Gasteiger partial charge on any atom is 0.307 e. The van der Waals surface area contributed by atoms with Gasteiger partial charge in [-0.3, -0.25) is 4.79 Å². The van der Waals surface area contributed by atoms with Gasteiger partial charge in [0.15, 0.2) is 0 Å². The SMILES string of the molecule is C[Si](C)(C)C#CCCCC(=C=CCC(=O)O)[Si](C)(C)C. The smallest absolute Gasteiger partial charge is 0.307 e. The molecule has 0 aromatic rings. The zero-order chi connectivity index (χ0) is 15.8. The molecule has 112 valence electrons. The highest BCUT2D eigenvalue weighted by atomic mass is 28.3. The average molecular weight is 309 g/mol. The molecule has 0 aromatic heterocycles. The molecule has 1 N–H and O–H groups in total. The first-order chi connectivity index (χ1) is 9.02. The first-order valence-corrected chi connectivity index (χ1v) is 14.2. The number of unbranched alkanes of at least 4 members (excludes halogenated alkanes) is 1. The summed E-state index contributed by atoms with van der Waals surface area (Å²) in [5.41, 5.74) is 6.61. The van der Waals surface area contributed by atoms with E-state index in [2.05, 4.69) is 56.5 Å². The molecule has 0 saturated heterocycles. The topological polar surface area (TPSA) is 37.3 Å². The number of hydrogen-bond donors (Lipinski definition) is 1. The molecule has 0 bridgehead atoms. The Hall–Kier alpha value is -1.02. The maximum atomic E-state index is 10.5. The van der Waals surface area contributed by atoms with Crippen LogP contribution in [0.3, 0.4) is 0 Å². The third-order valence-corrected chi connectivity index (χ3v) is 5.78. The lowest BCUT2D eigenvalue weighted by Gasteiger charge is -2.18. The summed E-state index contributed by atoms with van der Waals surface area (Å²) in [6.07, 6.45) is 4.68. The molecule has 0 atom stereocenters.